The highest BCUT2D eigenvalue weighted by Gasteiger charge is 2.20. The molecular formula is C14H16ClN3. The largest absolute Gasteiger partial charge is 0.329 e. The van der Waals surface area contributed by atoms with Crippen LogP contribution in [0, 0.1) is 0 Å². The van der Waals surface area contributed by atoms with E-state index in [0.29, 0.717) is 0 Å². The van der Waals surface area contributed by atoms with E-state index in [1.807, 2.05) is 24.7 Å². The fraction of sp³-hybridized carbons (Fsp3) is 0.357. The van der Waals surface area contributed by atoms with Crippen molar-refractivity contribution in [2.24, 2.45) is 0 Å². The van der Waals surface area contributed by atoms with E-state index in [0.717, 1.165) is 24.2 Å². The minimum absolute atomic E-state index is 0.726. The first-order chi connectivity index (χ1) is 8.81. The van der Waals surface area contributed by atoms with Gasteiger partial charge in [0.15, 0.2) is 0 Å². The molecule has 1 aliphatic carbocycles. The van der Waals surface area contributed by atoms with E-state index in [-0.39, 0.29) is 0 Å². The lowest BCUT2D eigenvalue weighted by Gasteiger charge is -2.09. The average molecular weight is 262 g/mol. The number of nitrogens with zero attached hydrogens (tertiary/aromatic N) is 2. The van der Waals surface area contributed by atoms with Crippen LogP contribution in [0.1, 0.15) is 24.1 Å². The Hall–Kier alpha value is -1.32. The van der Waals surface area contributed by atoms with Crippen LogP contribution in [0.15, 0.2) is 36.8 Å². The molecule has 1 saturated carbocycles. The first-order valence-corrected chi connectivity index (χ1v) is 6.66. The highest BCUT2D eigenvalue weighted by atomic mass is 35.5. The van der Waals surface area contributed by atoms with Crippen LogP contribution < -0.4 is 5.32 Å². The van der Waals surface area contributed by atoms with Gasteiger partial charge in [0.25, 0.3) is 0 Å². The van der Waals surface area contributed by atoms with Gasteiger partial charge in [-0.2, -0.15) is 0 Å². The number of hydrogen-bond donors (Lipinski definition) is 1. The predicted octanol–water partition coefficient (Wildman–Crippen LogP) is 2.84. The fourth-order valence-electron chi connectivity index (χ4n) is 1.96. The molecule has 0 bridgehead atoms. The molecule has 4 heteroatoms. The van der Waals surface area contributed by atoms with Gasteiger partial charge in [0, 0.05) is 30.4 Å². The summed E-state index contributed by atoms with van der Waals surface area (Å²) in [6.07, 6.45) is 6.44. The molecule has 1 fully saturated rings. The van der Waals surface area contributed by atoms with E-state index in [9.17, 15) is 0 Å². The molecule has 1 aliphatic rings. The Labute approximate surface area is 112 Å². The van der Waals surface area contributed by atoms with Crippen molar-refractivity contribution >= 4 is 11.6 Å². The Balaban J connectivity index is 1.67. The molecule has 94 valence electrons. The molecule has 0 radical (unpaired) electrons. The van der Waals surface area contributed by atoms with Gasteiger partial charge in [-0.25, -0.2) is 4.98 Å². The summed E-state index contributed by atoms with van der Waals surface area (Å²) in [4.78, 5) is 4.23. The maximum atomic E-state index is 5.89. The topological polar surface area (TPSA) is 29.9 Å². The van der Waals surface area contributed by atoms with Gasteiger partial charge in [0.2, 0.25) is 0 Å². The summed E-state index contributed by atoms with van der Waals surface area (Å²) >= 11 is 5.89. The molecule has 2 aromatic rings. The lowest BCUT2D eigenvalue weighted by Crippen LogP contribution is -2.18. The van der Waals surface area contributed by atoms with Crippen LogP contribution in [0.2, 0.25) is 5.02 Å². The zero-order valence-electron chi connectivity index (χ0n) is 10.1. The van der Waals surface area contributed by atoms with E-state index in [1.165, 1.54) is 24.1 Å². The molecule has 1 heterocycles. The van der Waals surface area contributed by atoms with E-state index in [2.05, 4.69) is 27.0 Å². The summed E-state index contributed by atoms with van der Waals surface area (Å²) in [7, 11) is 0. The van der Waals surface area contributed by atoms with Gasteiger partial charge < -0.3 is 9.88 Å². The summed E-state index contributed by atoms with van der Waals surface area (Å²) < 4.78 is 2.18. The predicted molar refractivity (Wildman–Crippen MR) is 72.6 cm³/mol. The second-order valence-electron chi connectivity index (χ2n) is 4.79. The second kappa shape index (κ2) is 5.12. The monoisotopic (exact) mass is 261 g/mol. The summed E-state index contributed by atoms with van der Waals surface area (Å²) in [5, 5.41) is 4.29. The summed E-state index contributed by atoms with van der Waals surface area (Å²) in [6, 6.07) is 8.69. The lowest BCUT2D eigenvalue weighted by atomic mass is 10.2. The van der Waals surface area contributed by atoms with E-state index >= 15 is 0 Å². The summed E-state index contributed by atoms with van der Waals surface area (Å²) in [6.45, 7) is 1.75. The van der Waals surface area contributed by atoms with Crippen LogP contribution in [-0.4, -0.2) is 15.6 Å². The molecule has 0 atom stereocenters. The zero-order chi connectivity index (χ0) is 12.4. The second-order valence-corrected chi connectivity index (χ2v) is 5.23. The number of nitrogens with one attached hydrogen (secondary N) is 1. The average Bonchev–Trinajstić information content (AvgIpc) is 3.11. The SMILES string of the molecule is Clc1ccc(Cn2cncc2CNC2CC2)cc1. The van der Waals surface area contributed by atoms with Gasteiger partial charge in [-0.05, 0) is 30.5 Å². The minimum Gasteiger partial charge on any atom is -0.329 e. The number of rotatable bonds is 5. The normalized spacial score (nSPS) is 14.9. The zero-order valence-corrected chi connectivity index (χ0v) is 10.9. The molecule has 0 unspecified atom stereocenters. The van der Waals surface area contributed by atoms with E-state index in [1.54, 1.807) is 0 Å². The van der Waals surface area contributed by atoms with Crippen LogP contribution in [0.5, 0.6) is 0 Å². The van der Waals surface area contributed by atoms with Gasteiger partial charge in [-0.15, -0.1) is 0 Å². The third-order valence-corrected chi connectivity index (χ3v) is 3.47. The molecule has 0 amide bonds. The molecule has 0 spiro atoms. The Bertz CT molecular complexity index is 514. The third-order valence-electron chi connectivity index (χ3n) is 3.21. The van der Waals surface area contributed by atoms with Crippen LogP contribution in [0.25, 0.3) is 0 Å². The first kappa shape index (κ1) is 11.8. The van der Waals surface area contributed by atoms with Crippen molar-refractivity contribution in [3.8, 4) is 0 Å². The van der Waals surface area contributed by atoms with Crippen LogP contribution in [0.4, 0.5) is 0 Å². The Morgan fingerprint density at radius 1 is 1.28 bits per heavy atom. The Morgan fingerprint density at radius 3 is 2.78 bits per heavy atom. The molecule has 18 heavy (non-hydrogen) atoms. The standard InChI is InChI=1S/C14H16ClN3/c15-12-3-1-11(2-4-12)9-18-10-16-7-14(18)8-17-13-5-6-13/h1-4,7,10,13,17H,5-6,8-9H2. The number of halogens is 1. The number of benzene rings is 1. The van der Waals surface area contributed by atoms with E-state index < -0.39 is 0 Å². The van der Waals surface area contributed by atoms with Gasteiger partial charge in [-0.3, -0.25) is 0 Å². The van der Waals surface area contributed by atoms with Crippen molar-refractivity contribution in [3.05, 3.63) is 53.1 Å². The Kier molecular flexibility index (Phi) is 3.35. The highest BCUT2D eigenvalue weighted by molar-refractivity contribution is 6.30. The Morgan fingerprint density at radius 2 is 2.06 bits per heavy atom. The summed E-state index contributed by atoms with van der Waals surface area (Å²) in [5.74, 6) is 0. The highest BCUT2D eigenvalue weighted by Crippen LogP contribution is 2.19. The number of imidazole rings is 1. The maximum Gasteiger partial charge on any atom is 0.0951 e. The van der Waals surface area contributed by atoms with Crippen molar-refractivity contribution in [2.45, 2.75) is 32.0 Å². The van der Waals surface area contributed by atoms with Crippen molar-refractivity contribution in [2.75, 3.05) is 0 Å². The summed E-state index contributed by atoms with van der Waals surface area (Å²) in [5.41, 5.74) is 2.47. The fourth-order valence-corrected chi connectivity index (χ4v) is 2.09. The van der Waals surface area contributed by atoms with Gasteiger partial charge >= 0.3 is 0 Å². The number of hydrogen-bond acceptors (Lipinski definition) is 2. The number of aromatic nitrogens is 2. The lowest BCUT2D eigenvalue weighted by molar-refractivity contribution is 0.634. The van der Waals surface area contributed by atoms with Gasteiger partial charge in [0.1, 0.15) is 0 Å². The van der Waals surface area contributed by atoms with Crippen LogP contribution in [0.3, 0.4) is 0 Å². The molecule has 3 nitrogen and oxygen atoms in total. The molecular weight excluding hydrogens is 246 g/mol. The molecule has 1 N–H and O–H groups in total. The molecule has 1 aromatic heterocycles. The molecule has 0 saturated heterocycles. The van der Waals surface area contributed by atoms with E-state index in [4.69, 9.17) is 11.6 Å². The smallest absolute Gasteiger partial charge is 0.0951 e. The first-order valence-electron chi connectivity index (χ1n) is 6.28. The minimum atomic E-state index is 0.726. The van der Waals surface area contributed by atoms with Crippen molar-refractivity contribution in [1.29, 1.82) is 0 Å². The third kappa shape index (κ3) is 2.92. The van der Waals surface area contributed by atoms with Crippen molar-refractivity contribution < 1.29 is 0 Å². The van der Waals surface area contributed by atoms with Gasteiger partial charge in [0.05, 0.1) is 12.0 Å². The molecule has 3 rings (SSSR count). The maximum absolute atomic E-state index is 5.89. The van der Waals surface area contributed by atoms with Crippen LogP contribution in [-0.2, 0) is 13.1 Å². The molecule has 0 aliphatic heterocycles. The van der Waals surface area contributed by atoms with Crippen molar-refractivity contribution in [1.82, 2.24) is 14.9 Å². The van der Waals surface area contributed by atoms with Crippen LogP contribution >= 0.6 is 11.6 Å². The molecule has 1 aromatic carbocycles. The quantitative estimate of drug-likeness (QED) is 0.897. The van der Waals surface area contributed by atoms with Gasteiger partial charge in [-0.1, -0.05) is 23.7 Å². The van der Waals surface area contributed by atoms with Crippen molar-refractivity contribution in [3.63, 3.8) is 0 Å².